The molecule has 0 spiro atoms. The monoisotopic (exact) mass is 311 g/mol. The third-order valence-electron chi connectivity index (χ3n) is 2.57. The Labute approximate surface area is 114 Å². The van der Waals surface area contributed by atoms with Gasteiger partial charge < -0.3 is 4.57 Å². The summed E-state index contributed by atoms with van der Waals surface area (Å²) in [5.41, 5.74) is 2.29. The normalized spacial score (nSPS) is 10.8. The predicted molar refractivity (Wildman–Crippen MR) is 75.6 cm³/mol. The summed E-state index contributed by atoms with van der Waals surface area (Å²) in [6.45, 7) is 5.07. The quantitative estimate of drug-likeness (QED) is 0.866. The molecule has 17 heavy (non-hydrogen) atoms. The van der Waals surface area contributed by atoms with Crippen molar-refractivity contribution < 1.29 is 0 Å². The van der Waals surface area contributed by atoms with Crippen LogP contribution in [-0.4, -0.2) is 14.8 Å². The summed E-state index contributed by atoms with van der Waals surface area (Å²) in [6, 6.07) is 6.23. The van der Waals surface area contributed by atoms with Crippen molar-refractivity contribution in [1.82, 2.24) is 14.8 Å². The highest BCUT2D eigenvalue weighted by molar-refractivity contribution is 9.10. The zero-order valence-corrected chi connectivity index (χ0v) is 12.2. The molecule has 0 bridgehead atoms. The fourth-order valence-corrected chi connectivity index (χ4v) is 2.65. The SMILES string of the molecule is CCCn1c(-c2ccc(C)cc2Br)n[nH]c1=S. The van der Waals surface area contributed by atoms with Crippen molar-refractivity contribution in [2.75, 3.05) is 0 Å². The molecule has 2 rings (SSSR count). The number of nitrogens with one attached hydrogen (secondary N) is 1. The van der Waals surface area contributed by atoms with Crippen molar-refractivity contribution in [3.05, 3.63) is 33.0 Å². The maximum Gasteiger partial charge on any atom is 0.195 e. The number of aryl methyl sites for hydroxylation is 1. The van der Waals surface area contributed by atoms with E-state index in [0.717, 1.165) is 28.8 Å². The minimum Gasteiger partial charge on any atom is -0.300 e. The molecule has 1 aromatic carbocycles. The largest absolute Gasteiger partial charge is 0.300 e. The Bertz CT molecular complexity index is 586. The van der Waals surface area contributed by atoms with Crippen LogP contribution in [0.1, 0.15) is 18.9 Å². The molecule has 0 atom stereocenters. The molecule has 0 radical (unpaired) electrons. The van der Waals surface area contributed by atoms with Crippen LogP contribution >= 0.6 is 28.1 Å². The van der Waals surface area contributed by atoms with E-state index in [1.54, 1.807) is 0 Å². The van der Waals surface area contributed by atoms with Gasteiger partial charge in [0.1, 0.15) is 0 Å². The van der Waals surface area contributed by atoms with Crippen molar-refractivity contribution in [2.24, 2.45) is 0 Å². The fourth-order valence-electron chi connectivity index (χ4n) is 1.76. The van der Waals surface area contributed by atoms with Gasteiger partial charge in [-0.05, 0) is 43.3 Å². The van der Waals surface area contributed by atoms with E-state index in [1.807, 2.05) is 4.57 Å². The lowest BCUT2D eigenvalue weighted by Crippen LogP contribution is -2.00. The first kappa shape index (κ1) is 12.5. The average Bonchev–Trinajstić information content (AvgIpc) is 2.62. The molecular formula is C12H14BrN3S. The molecule has 0 saturated heterocycles. The number of aromatic amines is 1. The highest BCUT2D eigenvalue weighted by atomic mass is 79.9. The molecule has 1 N–H and O–H groups in total. The number of benzene rings is 1. The molecule has 90 valence electrons. The van der Waals surface area contributed by atoms with Gasteiger partial charge in [-0.2, -0.15) is 5.10 Å². The van der Waals surface area contributed by atoms with Crippen LogP contribution in [0.4, 0.5) is 0 Å². The van der Waals surface area contributed by atoms with Gasteiger partial charge in [-0.25, -0.2) is 0 Å². The molecule has 3 nitrogen and oxygen atoms in total. The lowest BCUT2D eigenvalue weighted by atomic mass is 10.1. The van der Waals surface area contributed by atoms with Crippen LogP contribution in [0.5, 0.6) is 0 Å². The summed E-state index contributed by atoms with van der Waals surface area (Å²) in [4.78, 5) is 0. The van der Waals surface area contributed by atoms with Crippen molar-refractivity contribution in [1.29, 1.82) is 0 Å². The summed E-state index contributed by atoms with van der Waals surface area (Å²) in [7, 11) is 0. The Morgan fingerprint density at radius 2 is 2.24 bits per heavy atom. The molecule has 0 unspecified atom stereocenters. The zero-order chi connectivity index (χ0) is 12.4. The van der Waals surface area contributed by atoms with E-state index in [2.05, 4.69) is 58.2 Å². The summed E-state index contributed by atoms with van der Waals surface area (Å²) in [5, 5.41) is 7.17. The van der Waals surface area contributed by atoms with E-state index in [-0.39, 0.29) is 0 Å². The van der Waals surface area contributed by atoms with Gasteiger partial charge in [0.05, 0.1) is 0 Å². The molecule has 0 saturated carbocycles. The molecule has 0 aliphatic rings. The maximum absolute atomic E-state index is 5.24. The van der Waals surface area contributed by atoms with Crippen LogP contribution in [0.3, 0.4) is 0 Å². The Balaban J connectivity index is 2.56. The standard InChI is InChI=1S/C12H14BrN3S/c1-3-6-16-11(14-15-12(16)17)9-5-4-8(2)7-10(9)13/h4-5,7H,3,6H2,1-2H3,(H,15,17). The molecule has 0 fully saturated rings. The van der Waals surface area contributed by atoms with E-state index in [9.17, 15) is 0 Å². The first-order valence-electron chi connectivity index (χ1n) is 5.55. The Hall–Kier alpha value is -0.940. The summed E-state index contributed by atoms with van der Waals surface area (Å²) in [5.74, 6) is 0.892. The second-order valence-corrected chi connectivity index (χ2v) is 5.23. The minimum absolute atomic E-state index is 0.675. The number of aromatic nitrogens is 3. The van der Waals surface area contributed by atoms with E-state index >= 15 is 0 Å². The minimum atomic E-state index is 0.675. The predicted octanol–water partition coefficient (Wildman–Crippen LogP) is 4.09. The number of hydrogen-bond acceptors (Lipinski definition) is 2. The Morgan fingerprint density at radius 3 is 2.88 bits per heavy atom. The molecule has 0 amide bonds. The summed E-state index contributed by atoms with van der Waals surface area (Å²) < 4.78 is 3.75. The van der Waals surface area contributed by atoms with Gasteiger partial charge in [0, 0.05) is 16.6 Å². The van der Waals surface area contributed by atoms with E-state index in [4.69, 9.17) is 12.2 Å². The smallest absolute Gasteiger partial charge is 0.195 e. The fraction of sp³-hybridized carbons (Fsp3) is 0.333. The Kier molecular flexibility index (Phi) is 3.79. The van der Waals surface area contributed by atoms with Crippen LogP contribution < -0.4 is 0 Å². The van der Waals surface area contributed by atoms with Crippen LogP contribution in [0, 0.1) is 11.7 Å². The highest BCUT2D eigenvalue weighted by Gasteiger charge is 2.11. The van der Waals surface area contributed by atoms with Gasteiger partial charge in [-0.3, -0.25) is 5.10 Å². The zero-order valence-electron chi connectivity index (χ0n) is 9.83. The van der Waals surface area contributed by atoms with Gasteiger partial charge in [0.15, 0.2) is 10.6 Å². The van der Waals surface area contributed by atoms with Crippen LogP contribution in [0.25, 0.3) is 11.4 Å². The molecule has 1 aromatic heterocycles. The first-order valence-corrected chi connectivity index (χ1v) is 6.75. The van der Waals surface area contributed by atoms with E-state index in [1.165, 1.54) is 5.56 Å². The lowest BCUT2D eigenvalue weighted by molar-refractivity contribution is 0.674. The third-order valence-corrected chi connectivity index (χ3v) is 3.54. The van der Waals surface area contributed by atoms with Gasteiger partial charge in [-0.15, -0.1) is 0 Å². The average molecular weight is 312 g/mol. The van der Waals surface area contributed by atoms with Crippen molar-refractivity contribution in [2.45, 2.75) is 26.8 Å². The molecule has 0 aliphatic heterocycles. The van der Waals surface area contributed by atoms with Crippen molar-refractivity contribution in [3.8, 4) is 11.4 Å². The molecular weight excluding hydrogens is 298 g/mol. The van der Waals surface area contributed by atoms with Gasteiger partial charge in [0.2, 0.25) is 0 Å². The summed E-state index contributed by atoms with van der Waals surface area (Å²) >= 11 is 8.81. The molecule has 2 aromatic rings. The third kappa shape index (κ3) is 2.50. The van der Waals surface area contributed by atoms with Crippen LogP contribution in [0.2, 0.25) is 0 Å². The maximum atomic E-state index is 5.24. The van der Waals surface area contributed by atoms with E-state index in [0.29, 0.717) is 4.77 Å². The molecule has 5 heteroatoms. The summed E-state index contributed by atoms with van der Waals surface area (Å²) in [6.07, 6.45) is 1.03. The number of rotatable bonds is 3. The van der Waals surface area contributed by atoms with Crippen LogP contribution in [0.15, 0.2) is 22.7 Å². The van der Waals surface area contributed by atoms with Gasteiger partial charge in [-0.1, -0.05) is 28.9 Å². The Morgan fingerprint density at radius 1 is 1.47 bits per heavy atom. The topological polar surface area (TPSA) is 33.6 Å². The number of H-pyrrole nitrogens is 1. The second-order valence-electron chi connectivity index (χ2n) is 3.99. The van der Waals surface area contributed by atoms with Crippen molar-refractivity contribution in [3.63, 3.8) is 0 Å². The highest BCUT2D eigenvalue weighted by Crippen LogP contribution is 2.27. The van der Waals surface area contributed by atoms with Gasteiger partial charge >= 0.3 is 0 Å². The van der Waals surface area contributed by atoms with Gasteiger partial charge in [0.25, 0.3) is 0 Å². The number of nitrogens with zero attached hydrogens (tertiary/aromatic N) is 2. The van der Waals surface area contributed by atoms with E-state index < -0.39 is 0 Å². The number of halogens is 1. The first-order chi connectivity index (χ1) is 8.13. The lowest BCUT2D eigenvalue weighted by Gasteiger charge is -2.07. The molecule has 1 heterocycles. The molecule has 0 aliphatic carbocycles. The van der Waals surface area contributed by atoms with Crippen LogP contribution in [-0.2, 0) is 6.54 Å². The number of hydrogen-bond donors (Lipinski definition) is 1. The van der Waals surface area contributed by atoms with Crippen molar-refractivity contribution >= 4 is 28.1 Å². The second kappa shape index (κ2) is 5.14.